The highest BCUT2D eigenvalue weighted by atomic mass is 15.2. The summed E-state index contributed by atoms with van der Waals surface area (Å²) in [5, 5.41) is 4.26. The van der Waals surface area contributed by atoms with Crippen LogP contribution in [0.2, 0.25) is 0 Å². The smallest absolute Gasteiger partial charge is 0.0521 e. The lowest BCUT2D eigenvalue weighted by Crippen LogP contribution is -2.49. The van der Waals surface area contributed by atoms with Crippen molar-refractivity contribution in [1.29, 1.82) is 0 Å². The van der Waals surface area contributed by atoms with Crippen molar-refractivity contribution in [2.75, 3.05) is 0 Å². The Morgan fingerprint density at radius 3 is 2.35 bits per heavy atom. The molecule has 0 spiro atoms. The van der Waals surface area contributed by atoms with Crippen molar-refractivity contribution in [3.8, 4) is 0 Å². The van der Waals surface area contributed by atoms with Gasteiger partial charge in [-0.2, -0.15) is 5.10 Å². The van der Waals surface area contributed by atoms with E-state index in [-0.39, 0.29) is 0 Å². The molecule has 2 saturated carbocycles. The van der Waals surface area contributed by atoms with Gasteiger partial charge in [-0.3, -0.25) is 16.0 Å². The summed E-state index contributed by atoms with van der Waals surface area (Å²) in [5.74, 6) is 8.56. The number of hydrazine groups is 1. The molecule has 0 aromatic carbocycles. The molecule has 1 heterocycles. The second-order valence-electron chi connectivity index (χ2n) is 6.79. The molecule has 1 unspecified atom stereocenters. The van der Waals surface area contributed by atoms with Crippen LogP contribution in [0.3, 0.4) is 0 Å². The Morgan fingerprint density at radius 2 is 1.95 bits per heavy atom. The summed E-state index contributed by atoms with van der Waals surface area (Å²) in [6.07, 6.45) is 14.9. The van der Waals surface area contributed by atoms with Crippen LogP contribution in [0.25, 0.3) is 0 Å². The number of rotatable bonds is 7. The molecule has 0 bridgehead atoms. The first-order valence-corrected chi connectivity index (χ1v) is 8.21. The molecule has 0 aliphatic heterocycles. The fourth-order valence-electron chi connectivity index (χ4n) is 4.00. The predicted molar refractivity (Wildman–Crippen MR) is 80.8 cm³/mol. The monoisotopic (exact) mass is 276 g/mol. The first kappa shape index (κ1) is 14.1. The minimum Gasteiger partial charge on any atom is -0.276 e. The molecule has 4 heteroatoms. The first-order chi connectivity index (χ1) is 9.78. The maximum absolute atomic E-state index is 5.91. The SMILES string of the molecule is Cn1cc(CCC(NN)C(C2CCC2)C2CCC2)cn1. The van der Waals surface area contributed by atoms with Crippen LogP contribution in [-0.2, 0) is 13.5 Å². The molecule has 3 N–H and O–H groups in total. The highest BCUT2D eigenvalue weighted by Crippen LogP contribution is 2.46. The molecular weight excluding hydrogens is 248 g/mol. The molecule has 1 atom stereocenters. The molecule has 1 aromatic rings. The third-order valence-electron chi connectivity index (χ3n) is 5.57. The van der Waals surface area contributed by atoms with Crippen molar-refractivity contribution in [3.63, 3.8) is 0 Å². The highest BCUT2D eigenvalue weighted by Gasteiger charge is 2.40. The minimum atomic E-state index is 0.478. The summed E-state index contributed by atoms with van der Waals surface area (Å²) in [7, 11) is 1.98. The van der Waals surface area contributed by atoms with Gasteiger partial charge in [0.1, 0.15) is 0 Å². The lowest BCUT2D eigenvalue weighted by Gasteiger charge is -2.46. The van der Waals surface area contributed by atoms with Gasteiger partial charge in [0.05, 0.1) is 6.20 Å². The average molecular weight is 276 g/mol. The van der Waals surface area contributed by atoms with Crippen molar-refractivity contribution in [2.45, 2.75) is 57.4 Å². The summed E-state index contributed by atoms with van der Waals surface area (Å²) < 4.78 is 1.88. The van der Waals surface area contributed by atoms with Gasteiger partial charge in [-0.15, -0.1) is 0 Å². The number of nitrogens with zero attached hydrogens (tertiary/aromatic N) is 2. The molecule has 0 radical (unpaired) electrons. The zero-order valence-electron chi connectivity index (χ0n) is 12.6. The molecular formula is C16H28N4. The van der Waals surface area contributed by atoms with Crippen LogP contribution in [0.4, 0.5) is 0 Å². The van der Waals surface area contributed by atoms with Crippen molar-refractivity contribution >= 4 is 0 Å². The van der Waals surface area contributed by atoms with E-state index in [0.29, 0.717) is 6.04 Å². The number of nitrogens with one attached hydrogen (secondary N) is 1. The first-order valence-electron chi connectivity index (χ1n) is 8.21. The van der Waals surface area contributed by atoms with Gasteiger partial charge in [0.15, 0.2) is 0 Å². The summed E-state index contributed by atoms with van der Waals surface area (Å²) in [6.45, 7) is 0. The summed E-state index contributed by atoms with van der Waals surface area (Å²) >= 11 is 0. The lowest BCUT2D eigenvalue weighted by atomic mass is 9.61. The number of nitrogens with two attached hydrogens (primary N) is 1. The lowest BCUT2D eigenvalue weighted by molar-refractivity contribution is 0.0573. The Morgan fingerprint density at radius 1 is 1.30 bits per heavy atom. The second-order valence-corrected chi connectivity index (χ2v) is 6.79. The summed E-state index contributed by atoms with van der Waals surface area (Å²) in [5.41, 5.74) is 4.48. The van der Waals surface area contributed by atoms with Crippen LogP contribution >= 0.6 is 0 Å². The zero-order chi connectivity index (χ0) is 13.9. The van der Waals surface area contributed by atoms with Gasteiger partial charge in [-0.25, -0.2) is 0 Å². The molecule has 2 fully saturated rings. The Balaban J connectivity index is 1.60. The number of hydrogen-bond acceptors (Lipinski definition) is 3. The van der Waals surface area contributed by atoms with Gasteiger partial charge in [0.2, 0.25) is 0 Å². The van der Waals surface area contributed by atoms with Crippen LogP contribution in [0.5, 0.6) is 0 Å². The van der Waals surface area contributed by atoms with Gasteiger partial charge in [-0.1, -0.05) is 38.5 Å². The van der Waals surface area contributed by atoms with Gasteiger partial charge in [0, 0.05) is 19.3 Å². The van der Waals surface area contributed by atoms with E-state index in [2.05, 4.69) is 16.7 Å². The second kappa shape index (κ2) is 6.27. The Bertz CT molecular complexity index is 406. The van der Waals surface area contributed by atoms with E-state index in [4.69, 9.17) is 5.84 Å². The maximum atomic E-state index is 5.91. The maximum Gasteiger partial charge on any atom is 0.0521 e. The molecule has 112 valence electrons. The molecule has 1 aromatic heterocycles. The standard InChI is InChI=1S/C16H28N4/c1-20-11-12(10-18-20)8-9-15(19-17)16(13-4-2-5-13)14-6-3-7-14/h10-11,13-16,19H,2-9,17H2,1H3. The quantitative estimate of drug-likeness (QED) is 0.594. The molecule has 3 rings (SSSR count). The topological polar surface area (TPSA) is 55.9 Å². The third kappa shape index (κ3) is 2.91. The normalized spacial score (nSPS) is 21.8. The van der Waals surface area contributed by atoms with E-state index >= 15 is 0 Å². The molecule has 2 aliphatic rings. The van der Waals surface area contributed by atoms with E-state index in [0.717, 1.165) is 30.6 Å². The van der Waals surface area contributed by atoms with Crippen LogP contribution in [0.1, 0.15) is 50.5 Å². The van der Waals surface area contributed by atoms with E-state index in [1.807, 2.05) is 17.9 Å². The van der Waals surface area contributed by atoms with E-state index < -0.39 is 0 Å². The minimum absolute atomic E-state index is 0.478. The number of aromatic nitrogens is 2. The van der Waals surface area contributed by atoms with Gasteiger partial charge in [-0.05, 0) is 36.2 Å². The fourth-order valence-corrected chi connectivity index (χ4v) is 4.00. The van der Waals surface area contributed by atoms with Crippen LogP contribution in [0.15, 0.2) is 12.4 Å². The Hall–Kier alpha value is -0.870. The molecule has 20 heavy (non-hydrogen) atoms. The fraction of sp³-hybridized carbons (Fsp3) is 0.812. The summed E-state index contributed by atoms with van der Waals surface area (Å²) in [6, 6.07) is 0.478. The largest absolute Gasteiger partial charge is 0.276 e. The van der Waals surface area contributed by atoms with Crippen LogP contribution in [-0.4, -0.2) is 15.8 Å². The third-order valence-corrected chi connectivity index (χ3v) is 5.57. The predicted octanol–water partition coefficient (Wildman–Crippen LogP) is 2.40. The van der Waals surface area contributed by atoms with Crippen LogP contribution in [0, 0.1) is 17.8 Å². The van der Waals surface area contributed by atoms with Gasteiger partial charge < -0.3 is 0 Å². The average Bonchev–Trinajstić information content (AvgIpc) is 2.71. The van der Waals surface area contributed by atoms with Crippen molar-refractivity contribution in [3.05, 3.63) is 18.0 Å². The number of aryl methyl sites for hydroxylation is 2. The summed E-state index contributed by atoms with van der Waals surface area (Å²) in [4.78, 5) is 0. The highest BCUT2D eigenvalue weighted by molar-refractivity contribution is 5.05. The molecule has 2 aliphatic carbocycles. The number of hydrogen-bond donors (Lipinski definition) is 2. The molecule has 0 saturated heterocycles. The van der Waals surface area contributed by atoms with Crippen molar-refractivity contribution < 1.29 is 0 Å². The van der Waals surface area contributed by atoms with E-state index in [1.165, 1.54) is 44.1 Å². The van der Waals surface area contributed by atoms with Crippen molar-refractivity contribution in [2.24, 2.45) is 30.6 Å². The molecule has 4 nitrogen and oxygen atoms in total. The molecule has 0 amide bonds. The zero-order valence-corrected chi connectivity index (χ0v) is 12.6. The van der Waals surface area contributed by atoms with E-state index in [1.54, 1.807) is 0 Å². The van der Waals surface area contributed by atoms with Crippen molar-refractivity contribution in [1.82, 2.24) is 15.2 Å². The van der Waals surface area contributed by atoms with E-state index in [9.17, 15) is 0 Å². The van der Waals surface area contributed by atoms with Gasteiger partial charge in [0.25, 0.3) is 0 Å². The Labute approximate surface area is 122 Å². The Kier molecular flexibility index (Phi) is 4.41. The van der Waals surface area contributed by atoms with Crippen LogP contribution < -0.4 is 11.3 Å². The van der Waals surface area contributed by atoms with Gasteiger partial charge >= 0.3 is 0 Å².